The Labute approximate surface area is 92.6 Å². The van der Waals surface area contributed by atoms with Crippen molar-refractivity contribution in [3.05, 3.63) is 0 Å². The molecule has 1 saturated heterocycles. The van der Waals surface area contributed by atoms with Crippen LogP contribution in [0.4, 0.5) is 0 Å². The summed E-state index contributed by atoms with van der Waals surface area (Å²) in [4.78, 5) is 4.56. The molecule has 86 valence electrons. The van der Waals surface area contributed by atoms with Gasteiger partial charge in [-0.1, -0.05) is 0 Å². The lowest BCUT2D eigenvalue weighted by Gasteiger charge is -2.38. The van der Waals surface area contributed by atoms with Gasteiger partial charge in [0, 0.05) is 19.1 Å². The highest BCUT2D eigenvalue weighted by atomic mass is 15.2. The number of hydrogen-bond donors (Lipinski definition) is 1. The van der Waals surface area contributed by atoms with Gasteiger partial charge in [-0.3, -0.25) is 4.90 Å². The van der Waals surface area contributed by atoms with E-state index in [2.05, 4.69) is 30.0 Å². The second-order valence-corrected chi connectivity index (χ2v) is 5.02. The first kappa shape index (κ1) is 12.4. The Balaban J connectivity index is 2.47. The highest BCUT2D eigenvalue weighted by Crippen LogP contribution is 2.15. The van der Waals surface area contributed by atoms with Gasteiger partial charge in [0.25, 0.3) is 0 Å². The molecule has 0 radical (unpaired) electrons. The van der Waals surface area contributed by atoms with Crippen molar-refractivity contribution >= 4 is 0 Å². The summed E-state index contributed by atoms with van der Waals surface area (Å²) in [6, 6.07) is 2.76. The Morgan fingerprint density at radius 1 is 1.60 bits per heavy atom. The van der Waals surface area contributed by atoms with E-state index in [1.54, 1.807) is 6.92 Å². The zero-order valence-corrected chi connectivity index (χ0v) is 10.0. The van der Waals surface area contributed by atoms with Crippen molar-refractivity contribution in [1.29, 1.82) is 5.26 Å². The monoisotopic (exact) mass is 210 g/mol. The number of nitrogens with two attached hydrogens (primary N) is 1. The second kappa shape index (κ2) is 4.93. The molecule has 2 N–H and O–H groups in total. The number of rotatable bonds is 3. The SMILES string of the molecule is CN(C)C1CCCN(CC(C)(N)C#N)C1. The number of nitriles is 1. The van der Waals surface area contributed by atoms with Crippen LogP contribution in [0.25, 0.3) is 0 Å². The van der Waals surface area contributed by atoms with Gasteiger partial charge in [-0.05, 0) is 40.4 Å². The van der Waals surface area contributed by atoms with Crippen LogP contribution in [0.3, 0.4) is 0 Å². The lowest BCUT2D eigenvalue weighted by atomic mass is 10.0. The van der Waals surface area contributed by atoms with Gasteiger partial charge < -0.3 is 10.6 Å². The molecular formula is C11H22N4. The van der Waals surface area contributed by atoms with E-state index in [-0.39, 0.29) is 0 Å². The third-order valence-electron chi connectivity index (χ3n) is 3.02. The van der Waals surface area contributed by atoms with Crippen LogP contribution in [0, 0.1) is 11.3 Å². The number of nitrogens with zero attached hydrogens (tertiary/aromatic N) is 3. The van der Waals surface area contributed by atoms with Gasteiger partial charge in [-0.25, -0.2) is 0 Å². The fraction of sp³-hybridized carbons (Fsp3) is 0.909. The van der Waals surface area contributed by atoms with Crippen molar-refractivity contribution in [3.63, 3.8) is 0 Å². The van der Waals surface area contributed by atoms with E-state index in [0.29, 0.717) is 12.6 Å². The molecule has 0 aliphatic carbocycles. The molecule has 2 unspecified atom stereocenters. The van der Waals surface area contributed by atoms with Crippen molar-refractivity contribution in [2.75, 3.05) is 33.7 Å². The summed E-state index contributed by atoms with van der Waals surface area (Å²) >= 11 is 0. The van der Waals surface area contributed by atoms with Gasteiger partial charge >= 0.3 is 0 Å². The summed E-state index contributed by atoms with van der Waals surface area (Å²) in [5.41, 5.74) is 5.14. The third-order valence-corrected chi connectivity index (χ3v) is 3.02. The molecule has 4 heteroatoms. The first-order valence-electron chi connectivity index (χ1n) is 5.53. The molecule has 0 spiro atoms. The van der Waals surface area contributed by atoms with Crippen LogP contribution in [0.5, 0.6) is 0 Å². The van der Waals surface area contributed by atoms with E-state index in [4.69, 9.17) is 11.0 Å². The maximum absolute atomic E-state index is 8.89. The molecule has 1 heterocycles. The normalized spacial score (nSPS) is 27.3. The lowest BCUT2D eigenvalue weighted by molar-refractivity contribution is 0.122. The summed E-state index contributed by atoms with van der Waals surface area (Å²) in [6.07, 6.45) is 2.45. The Morgan fingerprint density at radius 2 is 2.27 bits per heavy atom. The van der Waals surface area contributed by atoms with Crippen LogP contribution in [0.2, 0.25) is 0 Å². The van der Waals surface area contributed by atoms with Crippen molar-refractivity contribution in [1.82, 2.24) is 9.80 Å². The van der Waals surface area contributed by atoms with Crippen LogP contribution in [0.15, 0.2) is 0 Å². The summed E-state index contributed by atoms with van der Waals surface area (Å²) in [7, 11) is 4.22. The number of likely N-dealkylation sites (N-methyl/N-ethyl adjacent to an activating group) is 1. The third kappa shape index (κ3) is 3.78. The predicted molar refractivity (Wildman–Crippen MR) is 61.4 cm³/mol. The summed E-state index contributed by atoms with van der Waals surface area (Å²) < 4.78 is 0. The fourth-order valence-electron chi connectivity index (χ4n) is 2.10. The second-order valence-electron chi connectivity index (χ2n) is 5.02. The standard InChI is InChI=1S/C11H22N4/c1-11(13,8-12)9-15-6-4-5-10(7-15)14(2)3/h10H,4-7,9,13H2,1-3H3. The predicted octanol–water partition coefficient (Wildman–Crippen LogP) is 0.253. The topological polar surface area (TPSA) is 56.3 Å². The highest BCUT2D eigenvalue weighted by Gasteiger charge is 2.27. The van der Waals surface area contributed by atoms with Crippen molar-refractivity contribution in [2.45, 2.75) is 31.3 Å². The molecule has 0 amide bonds. The van der Waals surface area contributed by atoms with Crippen molar-refractivity contribution < 1.29 is 0 Å². The van der Waals surface area contributed by atoms with Gasteiger partial charge in [-0.2, -0.15) is 5.26 Å². The molecule has 1 rings (SSSR count). The van der Waals surface area contributed by atoms with Crippen LogP contribution in [-0.4, -0.2) is 55.1 Å². The molecule has 2 atom stereocenters. The molecule has 1 fully saturated rings. The number of hydrogen-bond acceptors (Lipinski definition) is 4. The van der Waals surface area contributed by atoms with E-state index in [1.165, 1.54) is 12.8 Å². The smallest absolute Gasteiger partial charge is 0.114 e. The zero-order valence-electron chi connectivity index (χ0n) is 10.0. The minimum absolute atomic E-state index is 0.605. The first-order chi connectivity index (χ1) is 6.94. The minimum atomic E-state index is -0.714. The van der Waals surface area contributed by atoms with Crippen LogP contribution in [-0.2, 0) is 0 Å². The molecule has 1 aliphatic rings. The van der Waals surface area contributed by atoms with Crippen molar-refractivity contribution in [3.8, 4) is 6.07 Å². The summed E-state index contributed by atoms with van der Waals surface area (Å²) in [6.45, 7) is 4.57. The van der Waals surface area contributed by atoms with Crippen LogP contribution >= 0.6 is 0 Å². The largest absolute Gasteiger partial charge is 0.313 e. The maximum atomic E-state index is 8.89. The van der Waals surface area contributed by atoms with E-state index in [0.717, 1.165) is 13.1 Å². The molecule has 0 bridgehead atoms. The van der Waals surface area contributed by atoms with Crippen molar-refractivity contribution in [2.24, 2.45) is 5.73 Å². The Bertz CT molecular complexity index is 241. The summed E-state index contributed by atoms with van der Waals surface area (Å²) in [5.74, 6) is 0. The van der Waals surface area contributed by atoms with Gasteiger partial charge in [0.2, 0.25) is 0 Å². The van der Waals surface area contributed by atoms with Crippen LogP contribution < -0.4 is 5.73 Å². The average Bonchev–Trinajstić information content (AvgIpc) is 2.17. The Kier molecular flexibility index (Phi) is 4.09. The molecule has 0 aromatic rings. The van der Waals surface area contributed by atoms with Crippen LogP contribution in [0.1, 0.15) is 19.8 Å². The number of likely N-dealkylation sites (tertiary alicyclic amines) is 1. The number of piperidine rings is 1. The van der Waals surface area contributed by atoms with Gasteiger partial charge in [0.15, 0.2) is 0 Å². The van der Waals surface area contributed by atoms with E-state index in [9.17, 15) is 0 Å². The Morgan fingerprint density at radius 3 is 2.80 bits per heavy atom. The van der Waals surface area contributed by atoms with E-state index in [1.807, 2.05) is 0 Å². The zero-order chi connectivity index (χ0) is 11.5. The maximum Gasteiger partial charge on any atom is 0.114 e. The molecule has 0 aromatic carbocycles. The molecule has 4 nitrogen and oxygen atoms in total. The van der Waals surface area contributed by atoms with Gasteiger partial charge in [-0.15, -0.1) is 0 Å². The summed E-state index contributed by atoms with van der Waals surface area (Å²) in [5, 5.41) is 8.89. The molecule has 1 aliphatic heterocycles. The van der Waals surface area contributed by atoms with E-state index < -0.39 is 5.54 Å². The lowest BCUT2D eigenvalue weighted by Crippen LogP contribution is -2.52. The molecule has 15 heavy (non-hydrogen) atoms. The fourth-order valence-corrected chi connectivity index (χ4v) is 2.10. The van der Waals surface area contributed by atoms with Gasteiger partial charge in [0.05, 0.1) is 6.07 Å². The van der Waals surface area contributed by atoms with Gasteiger partial charge in [0.1, 0.15) is 5.54 Å². The molecule has 0 aromatic heterocycles. The molecular weight excluding hydrogens is 188 g/mol. The average molecular weight is 210 g/mol. The quantitative estimate of drug-likeness (QED) is 0.725. The van der Waals surface area contributed by atoms with E-state index >= 15 is 0 Å². The first-order valence-corrected chi connectivity index (χ1v) is 5.53. The minimum Gasteiger partial charge on any atom is -0.313 e. The molecule has 0 saturated carbocycles. The Hall–Kier alpha value is -0.630. The highest BCUT2D eigenvalue weighted by molar-refractivity contribution is 5.03.